The molecule has 0 aliphatic carbocycles. The minimum atomic E-state index is -0.207. The summed E-state index contributed by atoms with van der Waals surface area (Å²) in [4.78, 5) is 26.0. The molecule has 0 spiro atoms. The van der Waals surface area contributed by atoms with Gasteiger partial charge in [-0.2, -0.15) is 0 Å². The molecular weight excluding hydrogens is 318 g/mol. The van der Waals surface area contributed by atoms with Crippen LogP contribution in [0.2, 0.25) is 0 Å². The number of amides is 2. The monoisotopic (exact) mass is 335 g/mol. The van der Waals surface area contributed by atoms with E-state index >= 15 is 0 Å². The second-order valence-electron chi connectivity index (χ2n) is 5.93. The molecule has 2 amide bonds. The average molecular weight is 335 g/mol. The molecule has 0 atom stereocenters. The van der Waals surface area contributed by atoms with Gasteiger partial charge in [0.15, 0.2) is 11.5 Å². The Morgan fingerprint density at radius 2 is 2.08 bits per heavy atom. The van der Waals surface area contributed by atoms with Crippen molar-refractivity contribution in [3.8, 4) is 0 Å². The Bertz CT molecular complexity index is 949. The van der Waals surface area contributed by atoms with Crippen LogP contribution in [0.25, 0.3) is 5.65 Å². The number of carbonyl (C=O) groups excluding carboxylic acids is 2. The van der Waals surface area contributed by atoms with Crippen LogP contribution in [-0.2, 0) is 11.3 Å². The summed E-state index contributed by atoms with van der Waals surface area (Å²) in [5.41, 5.74) is 2.02. The fourth-order valence-electron chi connectivity index (χ4n) is 3.01. The standard InChI is InChI=1S/C18H17N5O2/c24-17-8-4-10-22(17)14-6-3-5-13(11-14)18(25)19-12-16-21-20-15-7-1-2-9-23(15)16/h1-3,5-7,9,11H,4,8,10,12H2,(H,19,25). The Morgan fingerprint density at radius 3 is 2.92 bits per heavy atom. The van der Waals surface area contributed by atoms with Crippen molar-refractivity contribution in [3.05, 3.63) is 60.0 Å². The van der Waals surface area contributed by atoms with Gasteiger partial charge in [-0.1, -0.05) is 12.1 Å². The molecule has 1 aliphatic rings. The van der Waals surface area contributed by atoms with Gasteiger partial charge in [0.1, 0.15) is 0 Å². The number of fused-ring (bicyclic) bond motifs is 1. The maximum Gasteiger partial charge on any atom is 0.251 e. The summed E-state index contributed by atoms with van der Waals surface area (Å²) in [5.74, 6) is 0.559. The normalized spacial score (nSPS) is 14.2. The molecule has 1 N–H and O–H groups in total. The third kappa shape index (κ3) is 2.96. The average Bonchev–Trinajstić information content (AvgIpc) is 3.26. The topological polar surface area (TPSA) is 79.6 Å². The molecule has 7 heteroatoms. The minimum Gasteiger partial charge on any atom is -0.345 e. The molecule has 0 saturated carbocycles. The first-order valence-electron chi connectivity index (χ1n) is 8.20. The highest BCUT2D eigenvalue weighted by Crippen LogP contribution is 2.22. The Morgan fingerprint density at radius 1 is 1.16 bits per heavy atom. The molecule has 2 aromatic heterocycles. The van der Waals surface area contributed by atoms with Crippen molar-refractivity contribution in [1.29, 1.82) is 0 Å². The molecule has 126 valence electrons. The zero-order chi connectivity index (χ0) is 17.2. The maximum atomic E-state index is 12.5. The summed E-state index contributed by atoms with van der Waals surface area (Å²) in [7, 11) is 0. The zero-order valence-electron chi connectivity index (χ0n) is 13.6. The second-order valence-corrected chi connectivity index (χ2v) is 5.93. The summed E-state index contributed by atoms with van der Waals surface area (Å²) < 4.78 is 1.83. The first-order chi connectivity index (χ1) is 12.2. The van der Waals surface area contributed by atoms with E-state index in [1.165, 1.54) is 0 Å². The summed E-state index contributed by atoms with van der Waals surface area (Å²) in [5, 5.41) is 11.0. The van der Waals surface area contributed by atoms with E-state index in [4.69, 9.17) is 0 Å². The summed E-state index contributed by atoms with van der Waals surface area (Å²) in [6, 6.07) is 12.8. The molecule has 0 radical (unpaired) electrons. The second kappa shape index (κ2) is 6.35. The number of nitrogens with one attached hydrogen (secondary N) is 1. The number of nitrogens with zero attached hydrogens (tertiary/aromatic N) is 4. The van der Waals surface area contributed by atoms with E-state index in [2.05, 4.69) is 15.5 Å². The largest absolute Gasteiger partial charge is 0.345 e. The third-order valence-electron chi connectivity index (χ3n) is 4.28. The molecule has 1 aromatic carbocycles. The lowest BCUT2D eigenvalue weighted by molar-refractivity contribution is -0.117. The van der Waals surface area contributed by atoms with Crippen LogP contribution in [0.4, 0.5) is 5.69 Å². The molecule has 4 rings (SSSR count). The van der Waals surface area contributed by atoms with Crippen LogP contribution in [0, 0.1) is 0 Å². The van der Waals surface area contributed by atoms with Gasteiger partial charge in [-0.25, -0.2) is 0 Å². The van der Waals surface area contributed by atoms with Crippen LogP contribution in [0.1, 0.15) is 29.0 Å². The Hall–Kier alpha value is -3.22. The molecule has 0 unspecified atom stereocenters. The van der Waals surface area contributed by atoms with Gasteiger partial charge in [-0.3, -0.25) is 14.0 Å². The predicted octanol–water partition coefficient (Wildman–Crippen LogP) is 1.79. The summed E-state index contributed by atoms with van der Waals surface area (Å²) in [6.07, 6.45) is 3.28. The Labute approximate surface area is 144 Å². The molecule has 3 heterocycles. The Kier molecular flexibility index (Phi) is 3.89. The van der Waals surface area contributed by atoms with Crippen molar-refractivity contribution in [2.75, 3.05) is 11.4 Å². The maximum absolute atomic E-state index is 12.5. The van der Waals surface area contributed by atoms with Crippen LogP contribution >= 0.6 is 0 Å². The lowest BCUT2D eigenvalue weighted by atomic mass is 10.1. The van der Waals surface area contributed by atoms with E-state index in [0.29, 0.717) is 24.4 Å². The van der Waals surface area contributed by atoms with Crippen molar-refractivity contribution < 1.29 is 9.59 Å². The number of rotatable bonds is 4. The van der Waals surface area contributed by atoms with Gasteiger partial charge in [0, 0.05) is 30.4 Å². The number of anilines is 1. The number of carbonyl (C=O) groups is 2. The number of hydrogen-bond donors (Lipinski definition) is 1. The highest BCUT2D eigenvalue weighted by Gasteiger charge is 2.22. The van der Waals surface area contributed by atoms with Crippen molar-refractivity contribution in [2.45, 2.75) is 19.4 Å². The van der Waals surface area contributed by atoms with Crippen molar-refractivity contribution >= 4 is 23.1 Å². The lowest BCUT2D eigenvalue weighted by Gasteiger charge is -2.16. The summed E-state index contributed by atoms with van der Waals surface area (Å²) >= 11 is 0. The summed E-state index contributed by atoms with van der Waals surface area (Å²) in [6.45, 7) is 0.979. The van der Waals surface area contributed by atoms with Crippen LogP contribution in [0.5, 0.6) is 0 Å². The Balaban J connectivity index is 1.49. The predicted molar refractivity (Wildman–Crippen MR) is 92.2 cm³/mol. The van der Waals surface area contributed by atoms with E-state index in [-0.39, 0.29) is 18.4 Å². The van der Waals surface area contributed by atoms with Crippen molar-refractivity contribution in [2.24, 2.45) is 0 Å². The molecule has 7 nitrogen and oxygen atoms in total. The van der Waals surface area contributed by atoms with Crippen LogP contribution < -0.4 is 10.2 Å². The van der Waals surface area contributed by atoms with E-state index in [0.717, 1.165) is 17.8 Å². The van der Waals surface area contributed by atoms with Gasteiger partial charge in [0.2, 0.25) is 5.91 Å². The van der Waals surface area contributed by atoms with Crippen LogP contribution in [0.15, 0.2) is 48.7 Å². The molecule has 3 aromatic rings. The van der Waals surface area contributed by atoms with Gasteiger partial charge in [-0.15, -0.1) is 10.2 Å². The smallest absolute Gasteiger partial charge is 0.251 e. The molecule has 1 saturated heterocycles. The van der Waals surface area contributed by atoms with Gasteiger partial charge < -0.3 is 10.2 Å². The van der Waals surface area contributed by atoms with Gasteiger partial charge >= 0.3 is 0 Å². The molecule has 1 aliphatic heterocycles. The number of benzene rings is 1. The van der Waals surface area contributed by atoms with Crippen LogP contribution in [0.3, 0.4) is 0 Å². The molecule has 1 fully saturated rings. The van der Waals surface area contributed by atoms with E-state index in [9.17, 15) is 9.59 Å². The first-order valence-corrected chi connectivity index (χ1v) is 8.20. The molecule has 0 bridgehead atoms. The quantitative estimate of drug-likeness (QED) is 0.788. The minimum absolute atomic E-state index is 0.104. The fraction of sp³-hybridized carbons (Fsp3) is 0.222. The van der Waals surface area contributed by atoms with E-state index in [1.807, 2.05) is 34.9 Å². The molecule has 25 heavy (non-hydrogen) atoms. The number of hydrogen-bond acceptors (Lipinski definition) is 4. The lowest BCUT2D eigenvalue weighted by Crippen LogP contribution is -2.26. The third-order valence-corrected chi connectivity index (χ3v) is 4.28. The van der Waals surface area contributed by atoms with Gasteiger partial charge in [0.25, 0.3) is 5.91 Å². The SMILES string of the molecule is O=C(NCc1nnc2ccccn12)c1cccc(N2CCCC2=O)c1. The van der Waals surface area contributed by atoms with E-state index in [1.54, 1.807) is 23.1 Å². The van der Waals surface area contributed by atoms with Gasteiger partial charge in [-0.05, 0) is 36.8 Å². The first kappa shape index (κ1) is 15.3. The highest BCUT2D eigenvalue weighted by molar-refractivity contribution is 5.99. The molecular formula is C18H17N5O2. The van der Waals surface area contributed by atoms with Crippen molar-refractivity contribution in [1.82, 2.24) is 19.9 Å². The van der Waals surface area contributed by atoms with Gasteiger partial charge in [0.05, 0.1) is 6.54 Å². The zero-order valence-corrected chi connectivity index (χ0v) is 13.6. The van der Waals surface area contributed by atoms with Crippen molar-refractivity contribution in [3.63, 3.8) is 0 Å². The van der Waals surface area contributed by atoms with E-state index < -0.39 is 0 Å². The fourth-order valence-corrected chi connectivity index (χ4v) is 3.01. The number of pyridine rings is 1. The van der Waals surface area contributed by atoms with Crippen LogP contribution in [-0.4, -0.2) is 33.0 Å². The highest BCUT2D eigenvalue weighted by atomic mass is 16.2. The number of aromatic nitrogens is 3.